The predicted molar refractivity (Wildman–Crippen MR) is 64.6 cm³/mol. The second-order valence-electron chi connectivity index (χ2n) is 3.54. The number of benzene rings is 1. The summed E-state index contributed by atoms with van der Waals surface area (Å²) in [4.78, 5) is 1.41. The molecule has 6 heteroatoms. The molecule has 0 fully saturated rings. The van der Waals surface area contributed by atoms with Crippen LogP contribution >= 0.6 is 11.6 Å². The Morgan fingerprint density at radius 3 is 2.65 bits per heavy atom. The molecule has 0 saturated heterocycles. The summed E-state index contributed by atoms with van der Waals surface area (Å²) in [7, 11) is 0. The van der Waals surface area contributed by atoms with Crippen LogP contribution in [0.4, 0.5) is 14.5 Å². The molecule has 1 aromatic carbocycles. The zero-order valence-corrected chi connectivity index (χ0v) is 10.00. The van der Waals surface area contributed by atoms with E-state index in [1.165, 1.54) is 4.90 Å². The molecule has 0 aliphatic heterocycles. The first-order chi connectivity index (χ1) is 8.08. The zero-order valence-electron chi connectivity index (χ0n) is 9.24. The molecule has 0 saturated carbocycles. The first-order valence-electron chi connectivity index (χ1n) is 5.21. The van der Waals surface area contributed by atoms with Crippen molar-refractivity contribution in [3.05, 3.63) is 28.8 Å². The highest BCUT2D eigenvalue weighted by atomic mass is 35.5. The number of rotatable bonds is 6. The smallest absolute Gasteiger partial charge is 0.255 e. The molecule has 0 heterocycles. The highest BCUT2D eigenvalue weighted by Gasteiger charge is 2.15. The van der Waals surface area contributed by atoms with Gasteiger partial charge in [-0.3, -0.25) is 0 Å². The normalized spacial score (nSPS) is 10.9. The monoisotopic (exact) mass is 264 g/mol. The van der Waals surface area contributed by atoms with E-state index >= 15 is 0 Å². The van der Waals surface area contributed by atoms with Crippen LogP contribution in [-0.2, 0) is 6.54 Å². The molecule has 0 radical (unpaired) electrons. The van der Waals surface area contributed by atoms with Crippen molar-refractivity contribution in [2.45, 2.75) is 13.0 Å². The Hall–Kier alpha value is -0.910. The van der Waals surface area contributed by atoms with Gasteiger partial charge in [0.15, 0.2) is 0 Å². The third-order valence-corrected chi connectivity index (χ3v) is 2.57. The van der Waals surface area contributed by atoms with E-state index in [2.05, 4.69) is 0 Å². The summed E-state index contributed by atoms with van der Waals surface area (Å²) in [5.41, 5.74) is 6.82. The molecule has 17 heavy (non-hydrogen) atoms. The van der Waals surface area contributed by atoms with Crippen molar-refractivity contribution in [2.75, 3.05) is 24.6 Å². The minimum Gasteiger partial charge on any atom is -0.395 e. The minimum atomic E-state index is -2.47. The van der Waals surface area contributed by atoms with Gasteiger partial charge in [-0.05, 0) is 23.8 Å². The minimum absolute atomic E-state index is 0.138. The fraction of sp³-hybridized carbons (Fsp3) is 0.455. The van der Waals surface area contributed by atoms with Crippen LogP contribution in [0.15, 0.2) is 18.2 Å². The molecule has 3 N–H and O–H groups in total. The van der Waals surface area contributed by atoms with Gasteiger partial charge in [-0.15, -0.1) is 0 Å². The van der Waals surface area contributed by atoms with Crippen molar-refractivity contribution in [1.29, 1.82) is 0 Å². The number of aliphatic hydroxyl groups is 1. The van der Waals surface area contributed by atoms with Gasteiger partial charge in [0, 0.05) is 23.8 Å². The average Bonchev–Trinajstić information content (AvgIpc) is 2.27. The third kappa shape index (κ3) is 4.11. The molecule has 0 spiro atoms. The van der Waals surface area contributed by atoms with E-state index in [1.807, 2.05) is 0 Å². The molecule has 0 aliphatic carbocycles. The number of nitrogens with zero attached hydrogens (tertiary/aromatic N) is 1. The van der Waals surface area contributed by atoms with E-state index < -0.39 is 13.0 Å². The second-order valence-corrected chi connectivity index (χ2v) is 3.97. The third-order valence-electron chi connectivity index (χ3n) is 2.33. The summed E-state index contributed by atoms with van der Waals surface area (Å²) in [5.74, 6) is 0. The largest absolute Gasteiger partial charge is 0.395 e. The van der Waals surface area contributed by atoms with Gasteiger partial charge in [0.05, 0.1) is 13.2 Å². The van der Waals surface area contributed by atoms with Crippen molar-refractivity contribution < 1.29 is 13.9 Å². The van der Waals surface area contributed by atoms with Gasteiger partial charge in [-0.2, -0.15) is 0 Å². The summed E-state index contributed by atoms with van der Waals surface area (Å²) in [6.07, 6.45) is -2.47. The number of hydrogen-bond acceptors (Lipinski definition) is 3. The van der Waals surface area contributed by atoms with E-state index in [0.29, 0.717) is 16.3 Å². The van der Waals surface area contributed by atoms with Gasteiger partial charge in [0.25, 0.3) is 6.43 Å². The fourth-order valence-corrected chi connectivity index (χ4v) is 1.82. The fourth-order valence-electron chi connectivity index (χ4n) is 1.62. The van der Waals surface area contributed by atoms with Crippen LogP contribution in [0.25, 0.3) is 0 Å². The Kier molecular flexibility index (Phi) is 5.61. The second kappa shape index (κ2) is 6.74. The van der Waals surface area contributed by atoms with E-state index in [9.17, 15) is 8.78 Å². The number of aliphatic hydroxyl groups excluding tert-OH is 1. The maximum atomic E-state index is 12.4. The molecular formula is C11H15ClF2N2O. The molecule has 0 amide bonds. The quantitative estimate of drug-likeness (QED) is 0.825. The van der Waals surface area contributed by atoms with Crippen molar-refractivity contribution in [3.8, 4) is 0 Å². The molecular weight excluding hydrogens is 250 g/mol. The lowest BCUT2D eigenvalue weighted by molar-refractivity contribution is 0.152. The molecule has 3 nitrogen and oxygen atoms in total. The molecule has 1 aromatic rings. The maximum absolute atomic E-state index is 12.4. The van der Waals surface area contributed by atoms with E-state index in [-0.39, 0.29) is 19.7 Å². The molecule has 0 aliphatic rings. The van der Waals surface area contributed by atoms with E-state index in [4.69, 9.17) is 22.4 Å². The Morgan fingerprint density at radius 1 is 1.41 bits per heavy atom. The van der Waals surface area contributed by atoms with Crippen LogP contribution in [0, 0.1) is 0 Å². The average molecular weight is 265 g/mol. The zero-order chi connectivity index (χ0) is 12.8. The lowest BCUT2D eigenvalue weighted by Crippen LogP contribution is -2.32. The van der Waals surface area contributed by atoms with Crippen molar-refractivity contribution in [3.63, 3.8) is 0 Å². The standard InChI is InChI=1S/C11H15ClF2N2O/c12-9-1-2-10(8(5-9)6-15)16(3-4-17)7-11(13)14/h1-2,5,11,17H,3-4,6-7,15H2. The van der Waals surface area contributed by atoms with Gasteiger partial charge >= 0.3 is 0 Å². The van der Waals surface area contributed by atoms with Crippen LogP contribution in [0.3, 0.4) is 0 Å². The van der Waals surface area contributed by atoms with Crippen LogP contribution in [0.5, 0.6) is 0 Å². The van der Waals surface area contributed by atoms with Crippen LogP contribution in [0.2, 0.25) is 5.02 Å². The topological polar surface area (TPSA) is 49.5 Å². The van der Waals surface area contributed by atoms with Gasteiger partial charge in [-0.1, -0.05) is 11.6 Å². The first-order valence-corrected chi connectivity index (χ1v) is 5.58. The van der Waals surface area contributed by atoms with Crippen LogP contribution in [0.1, 0.15) is 5.56 Å². The van der Waals surface area contributed by atoms with Crippen LogP contribution in [-0.4, -0.2) is 31.2 Å². The van der Waals surface area contributed by atoms with Gasteiger partial charge < -0.3 is 15.7 Å². The van der Waals surface area contributed by atoms with E-state index in [1.54, 1.807) is 18.2 Å². The van der Waals surface area contributed by atoms with Crippen LogP contribution < -0.4 is 10.6 Å². The molecule has 0 atom stereocenters. The Bertz CT molecular complexity index is 363. The number of hydrogen-bond donors (Lipinski definition) is 2. The summed E-state index contributed by atoms with van der Waals surface area (Å²) >= 11 is 5.81. The Balaban J connectivity index is 2.99. The summed E-state index contributed by atoms with van der Waals surface area (Å²) in [6.45, 7) is -0.283. The molecule has 0 aromatic heterocycles. The SMILES string of the molecule is NCc1cc(Cl)ccc1N(CCO)CC(F)F. The summed E-state index contributed by atoms with van der Waals surface area (Å²) in [5, 5.41) is 9.39. The molecule has 96 valence electrons. The highest BCUT2D eigenvalue weighted by molar-refractivity contribution is 6.30. The van der Waals surface area contributed by atoms with Gasteiger partial charge in [-0.25, -0.2) is 8.78 Å². The lowest BCUT2D eigenvalue weighted by atomic mass is 10.1. The number of alkyl halides is 2. The van der Waals surface area contributed by atoms with Gasteiger partial charge in [0.2, 0.25) is 0 Å². The maximum Gasteiger partial charge on any atom is 0.255 e. The number of nitrogens with two attached hydrogens (primary N) is 1. The molecule has 1 rings (SSSR count). The van der Waals surface area contributed by atoms with Crippen molar-refractivity contribution in [2.24, 2.45) is 5.73 Å². The predicted octanol–water partition coefficient (Wildman–Crippen LogP) is 1.86. The first kappa shape index (κ1) is 14.2. The molecule has 0 unspecified atom stereocenters. The van der Waals surface area contributed by atoms with Gasteiger partial charge in [0.1, 0.15) is 0 Å². The Morgan fingerprint density at radius 2 is 2.12 bits per heavy atom. The van der Waals surface area contributed by atoms with E-state index in [0.717, 1.165) is 0 Å². The molecule has 0 bridgehead atoms. The Labute approximate surface area is 104 Å². The lowest BCUT2D eigenvalue weighted by Gasteiger charge is -2.26. The van der Waals surface area contributed by atoms with Crippen molar-refractivity contribution in [1.82, 2.24) is 0 Å². The highest BCUT2D eigenvalue weighted by Crippen LogP contribution is 2.24. The summed E-state index contributed by atoms with van der Waals surface area (Å²) < 4.78 is 24.9. The number of halogens is 3. The summed E-state index contributed by atoms with van der Waals surface area (Å²) in [6, 6.07) is 4.90. The van der Waals surface area contributed by atoms with Crippen molar-refractivity contribution >= 4 is 17.3 Å². The number of anilines is 1.